The molecule has 1 aromatic heterocycles. The molecule has 2 aromatic carbocycles. The number of hydrogen-bond donors (Lipinski definition) is 1. The van der Waals surface area contributed by atoms with E-state index < -0.39 is 10.0 Å². The third kappa shape index (κ3) is 4.46. The van der Waals surface area contributed by atoms with E-state index in [0.717, 1.165) is 34.8 Å². The quantitative estimate of drug-likeness (QED) is 0.659. The van der Waals surface area contributed by atoms with E-state index in [9.17, 15) is 13.2 Å². The zero-order valence-electron chi connectivity index (χ0n) is 17.5. The van der Waals surface area contributed by atoms with E-state index in [-0.39, 0.29) is 11.8 Å². The Morgan fingerprint density at radius 3 is 2.58 bits per heavy atom. The van der Waals surface area contributed by atoms with Crippen LogP contribution in [0.5, 0.6) is 0 Å². The SMILES string of the molecule is CN(c1ccccc1C(=O)N1CCCC(c2nc(-c3ccccc3)n[nH]2)C1)S(C)(=O)=O. The van der Waals surface area contributed by atoms with Crippen molar-refractivity contribution in [2.45, 2.75) is 18.8 Å². The van der Waals surface area contributed by atoms with Gasteiger partial charge in [-0.2, -0.15) is 5.10 Å². The number of hydrogen-bond acceptors (Lipinski definition) is 5. The van der Waals surface area contributed by atoms with Gasteiger partial charge in [-0.05, 0) is 25.0 Å². The molecule has 3 aromatic rings. The van der Waals surface area contributed by atoms with Gasteiger partial charge in [0.2, 0.25) is 10.0 Å². The molecule has 1 amide bonds. The Bertz CT molecular complexity index is 1180. The maximum atomic E-state index is 13.3. The van der Waals surface area contributed by atoms with Crippen molar-refractivity contribution >= 4 is 21.6 Å². The van der Waals surface area contributed by atoms with Crippen molar-refractivity contribution in [1.29, 1.82) is 0 Å². The molecule has 0 radical (unpaired) electrons. The summed E-state index contributed by atoms with van der Waals surface area (Å²) >= 11 is 0. The molecule has 0 bridgehead atoms. The summed E-state index contributed by atoms with van der Waals surface area (Å²) in [7, 11) is -2.02. The van der Waals surface area contributed by atoms with Crippen LogP contribution in [0, 0.1) is 0 Å². The normalized spacial score (nSPS) is 16.8. The zero-order chi connectivity index (χ0) is 22.0. The molecule has 9 heteroatoms. The first-order chi connectivity index (χ1) is 14.8. The number of sulfonamides is 1. The van der Waals surface area contributed by atoms with Crippen LogP contribution in [0.15, 0.2) is 54.6 Å². The third-order valence-electron chi connectivity index (χ3n) is 5.60. The number of rotatable bonds is 5. The molecular formula is C22H25N5O3S. The first kappa shape index (κ1) is 21.0. The molecular weight excluding hydrogens is 414 g/mol. The van der Waals surface area contributed by atoms with Gasteiger partial charge in [0.05, 0.1) is 17.5 Å². The summed E-state index contributed by atoms with van der Waals surface area (Å²) in [6.45, 7) is 1.12. The van der Waals surface area contributed by atoms with Crippen LogP contribution in [0.1, 0.15) is 34.9 Å². The van der Waals surface area contributed by atoms with Gasteiger partial charge in [-0.15, -0.1) is 0 Å². The van der Waals surface area contributed by atoms with Crippen LogP contribution in [0.25, 0.3) is 11.4 Å². The zero-order valence-corrected chi connectivity index (χ0v) is 18.3. The number of piperidine rings is 1. The van der Waals surface area contributed by atoms with E-state index in [0.29, 0.717) is 30.2 Å². The molecule has 0 saturated carbocycles. The van der Waals surface area contributed by atoms with Crippen molar-refractivity contribution in [2.75, 3.05) is 30.7 Å². The van der Waals surface area contributed by atoms with Gasteiger partial charge in [0.15, 0.2) is 5.82 Å². The highest BCUT2D eigenvalue weighted by molar-refractivity contribution is 7.92. The summed E-state index contributed by atoms with van der Waals surface area (Å²) < 4.78 is 25.2. The van der Waals surface area contributed by atoms with E-state index in [1.54, 1.807) is 29.2 Å². The maximum absolute atomic E-state index is 13.3. The van der Waals surface area contributed by atoms with Gasteiger partial charge < -0.3 is 4.90 Å². The predicted octanol–water partition coefficient (Wildman–Crippen LogP) is 2.89. The van der Waals surface area contributed by atoms with Crippen LogP contribution in [-0.2, 0) is 10.0 Å². The number of H-pyrrole nitrogens is 1. The number of amides is 1. The fourth-order valence-electron chi connectivity index (χ4n) is 3.84. The first-order valence-electron chi connectivity index (χ1n) is 10.1. The summed E-state index contributed by atoms with van der Waals surface area (Å²) in [5, 5.41) is 7.38. The second-order valence-electron chi connectivity index (χ2n) is 7.75. The smallest absolute Gasteiger partial charge is 0.256 e. The first-order valence-corrected chi connectivity index (χ1v) is 12.0. The second-order valence-corrected chi connectivity index (χ2v) is 9.76. The average Bonchev–Trinajstić information content (AvgIpc) is 3.29. The topological polar surface area (TPSA) is 99.3 Å². The van der Waals surface area contributed by atoms with Crippen molar-refractivity contribution in [3.05, 3.63) is 66.0 Å². The van der Waals surface area contributed by atoms with E-state index in [1.807, 2.05) is 30.3 Å². The fourth-order valence-corrected chi connectivity index (χ4v) is 4.35. The number of aromatic nitrogens is 3. The molecule has 8 nitrogen and oxygen atoms in total. The second kappa shape index (κ2) is 8.50. The molecule has 0 spiro atoms. The lowest BCUT2D eigenvalue weighted by molar-refractivity contribution is 0.0705. The fraction of sp³-hybridized carbons (Fsp3) is 0.318. The monoisotopic (exact) mass is 439 g/mol. The minimum Gasteiger partial charge on any atom is -0.338 e. The molecule has 31 heavy (non-hydrogen) atoms. The van der Waals surface area contributed by atoms with Gasteiger partial charge in [0.1, 0.15) is 5.82 Å². The Balaban J connectivity index is 1.55. The Labute approximate surface area is 182 Å². The van der Waals surface area contributed by atoms with Crippen molar-refractivity contribution in [3.63, 3.8) is 0 Å². The van der Waals surface area contributed by atoms with E-state index >= 15 is 0 Å². The number of likely N-dealkylation sites (tertiary alicyclic amines) is 1. The summed E-state index contributed by atoms with van der Waals surface area (Å²) in [4.78, 5) is 19.7. The van der Waals surface area contributed by atoms with Crippen molar-refractivity contribution in [3.8, 4) is 11.4 Å². The number of nitrogens with zero attached hydrogens (tertiary/aromatic N) is 4. The average molecular weight is 440 g/mol. The highest BCUT2D eigenvalue weighted by Gasteiger charge is 2.30. The third-order valence-corrected chi connectivity index (χ3v) is 6.79. The van der Waals surface area contributed by atoms with Crippen LogP contribution in [0.3, 0.4) is 0 Å². The van der Waals surface area contributed by atoms with Gasteiger partial charge >= 0.3 is 0 Å². The van der Waals surface area contributed by atoms with E-state index in [1.165, 1.54) is 7.05 Å². The summed E-state index contributed by atoms with van der Waals surface area (Å²) in [6.07, 6.45) is 2.86. The minimum absolute atomic E-state index is 0.0439. The Hall–Kier alpha value is -3.20. The van der Waals surface area contributed by atoms with Gasteiger partial charge in [0, 0.05) is 31.6 Å². The maximum Gasteiger partial charge on any atom is 0.256 e. The van der Waals surface area contributed by atoms with Crippen LogP contribution in [0.4, 0.5) is 5.69 Å². The van der Waals surface area contributed by atoms with Crippen LogP contribution in [-0.4, -0.2) is 60.8 Å². The lowest BCUT2D eigenvalue weighted by Crippen LogP contribution is -2.40. The van der Waals surface area contributed by atoms with E-state index in [4.69, 9.17) is 0 Å². The van der Waals surface area contributed by atoms with Gasteiger partial charge in [0.25, 0.3) is 5.91 Å². The number of carbonyl (C=O) groups excluding carboxylic acids is 1. The predicted molar refractivity (Wildman–Crippen MR) is 119 cm³/mol. The molecule has 1 fully saturated rings. The number of benzene rings is 2. The molecule has 2 heterocycles. The van der Waals surface area contributed by atoms with Gasteiger partial charge in [-0.3, -0.25) is 14.2 Å². The van der Waals surface area contributed by atoms with Crippen LogP contribution >= 0.6 is 0 Å². The van der Waals surface area contributed by atoms with Crippen LogP contribution in [0.2, 0.25) is 0 Å². The lowest BCUT2D eigenvalue weighted by Gasteiger charge is -2.32. The highest BCUT2D eigenvalue weighted by Crippen LogP contribution is 2.29. The number of nitrogens with one attached hydrogen (secondary N) is 1. The van der Waals surface area contributed by atoms with Gasteiger partial charge in [-0.1, -0.05) is 42.5 Å². The standard InChI is InChI=1S/C22H25N5O3S/c1-26(31(2,29)30)19-13-7-6-12-18(19)22(28)27-14-8-11-17(15-27)21-23-20(24-25-21)16-9-4-3-5-10-16/h3-7,9-10,12-13,17H,8,11,14-15H2,1-2H3,(H,23,24,25). The number of carbonyl (C=O) groups is 1. The molecule has 1 unspecified atom stereocenters. The summed E-state index contributed by atoms with van der Waals surface area (Å²) in [6, 6.07) is 16.5. The highest BCUT2D eigenvalue weighted by atomic mass is 32.2. The molecule has 1 N–H and O–H groups in total. The molecule has 1 saturated heterocycles. The minimum atomic E-state index is -3.48. The summed E-state index contributed by atoms with van der Waals surface area (Å²) in [5.41, 5.74) is 1.69. The lowest BCUT2D eigenvalue weighted by atomic mass is 9.96. The molecule has 162 valence electrons. The van der Waals surface area contributed by atoms with Crippen LogP contribution < -0.4 is 4.31 Å². The van der Waals surface area contributed by atoms with E-state index in [2.05, 4.69) is 15.2 Å². The van der Waals surface area contributed by atoms with Gasteiger partial charge in [-0.25, -0.2) is 13.4 Å². The van der Waals surface area contributed by atoms with Crippen molar-refractivity contribution in [1.82, 2.24) is 20.1 Å². The Morgan fingerprint density at radius 1 is 1.13 bits per heavy atom. The molecule has 4 rings (SSSR count). The largest absolute Gasteiger partial charge is 0.338 e. The number of anilines is 1. The number of aromatic amines is 1. The molecule has 1 atom stereocenters. The number of para-hydroxylation sites is 1. The Morgan fingerprint density at radius 2 is 1.84 bits per heavy atom. The summed E-state index contributed by atoms with van der Waals surface area (Å²) in [5.74, 6) is 1.26. The van der Waals surface area contributed by atoms with Crippen molar-refractivity contribution < 1.29 is 13.2 Å². The molecule has 1 aliphatic heterocycles. The molecule has 1 aliphatic rings. The Kier molecular flexibility index (Phi) is 5.77. The molecule has 0 aliphatic carbocycles. The van der Waals surface area contributed by atoms with Crippen molar-refractivity contribution in [2.24, 2.45) is 0 Å².